The molecule has 0 spiro atoms. The summed E-state index contributed by atoms with van der Waals surface area (Å²) in [7, 11) is 0. The molecule has 0 fully saturated rings. The van der Waals surface area contributed by atoms with Crippen LogP contribution < -0.4 is 4.74 Å². The number of halogens is 1. The van der Waals surface area contributed by atoms with Crippen molar-refractivity contribution < 1.29 is 24.5 Å². The summed E-state index contributed by atoms with van der Waals surface area (Å²) in [5.41, 5.74) is 0. The van der Waals surface area contributed by atoms with Gasteiger partial charge in [0.25, 0.3) is 5.06 Å². The number of carboxylic acid groups (broad SMARTS) is 2. The Hall–Kier alpha value is -1.75. The lowest BCUT2D eigenvalue weighted by Crippen LogP contribution is -2.37. The number of rotatable bonds is 6. The van der Waals surface area contributed by atoms with Crippen LogP contribution >= 0.6 is 11.6 Å². The van der Waals surface area contributed by atoms with Gasteiger partial charge in [-0.2, -0.15) is 0 Å². The van der Waals surface area contributed by atoms with Crippen LogP contribution in [0.2, 0.25) is 0 Å². The Labute approximate surface area is 123 Å². The molecule has 6 heteroatoms. The topological polar surface area (TPSA) is 83.8 Å². The van der Waals surface area contributed by atoms with E-state index >= 15 is 0 Å². The minimum absolute atomic E-state index is 0.193. The van der Waals surface area contributed by atoms with Crippen molar-refractivity contribution in [2.75, 3.05) is 0 Å². The van der Waals surface area contributed by atoms with Crippen molar-refractivity contribution >= 4 is 23.5 Å². The zero-order valence-corrected chi connectivity index (χ0v) is 12.3. The number of para-hydroxylation sites is 1. The predicted octanol–water partition coefficient (Wildman–Crippen LogP) is 3.37. The van der Waals surface area contributed by atoms with Crippen molar-refractivity contribution in [1.82, 2.24) is 0 Å². The van der Waals surface area contributed by atoms with Gasteiger partial charge >= 0.3 is 11.9 Å². The lowest BCUT2D eigenvalue weighted by atomic mass is 10.2. The van der Waals surface area contributed by atoms with Crippen molar-refractivity contribution in [1.29, 1.82) is 0 Å². The Morgan fingerprint density at radius 3 is 2.05 bits per heavy atom. The molecular formula is C14H19ClO5. The van der Waals surface area contributed by atoms with Crippen LogP contribution in [-0.4, -0.2) is 27.2 Å². The van der Waals surface area contributed by atoms with Crippen LogP contribution in [-0.2, 0) is 9.59 Å². The maximum atomic E-state index is 10.8. The van der Waals surface area contributed by atoms with Crippen molar-refractivity contribution in [2.24, 2.45) is 0 Å². The molecule has 0 saturated carbocycles. The number of carboxylic acids is 2. The molecule has 0 aliphatic rings. The van der Waals surface area contributed by atoms with Crippen LogP contribution in [0, 0.1) is 0 Å². The second kappa shape index (κ2) is 9.20. The third-order valence-corrected chi connectivity index (χ3v) is 2.77. The Bertz CT molecular complexity index is 421. The van der Waals surface area contributed by atoms with Gasteiger partial charge in [-0.25, -0.2) is 4.79 Å². The Balaban J connectivity index is 0.000000511. The summed E-state index contributed by atoms with van der Waals surface area (Å²) in [6.45, 7) is 3.50. The molecule has 0 aliphatic carbocycles. The molecule has 2 N–H and O–H groups in total. The summed E-state index contributed by atoms with van der Waals surface area (Å²) < 4.78 is 5.18. The molecule has 0 saturated heterocycles. The van der Waals surface area contributed by atoms with E-state index in [0.717, 1.165) is 6.42 Å². The molecule has 0 bridgehead atoms. The molecule has 1 aromatic carbocycles. The van der Waals surface area contributed by atoms with Gasteiger partial charge in [0.05, 0.1) is 0 Å². The normalized spacial score (nSPS) is 12.6. The summed E-state index contributed by atoms with van der Waals surface area (Å²) in [5.74, 6) is -1.44. The van der Waals surface area contributed by atoms with Gasteiger partial charge in [0.2, 0.25) is 0 Å². The van der Waals surface area contributed by atoms with Crippen molar-refractivity contribution in [3.8, 4) is 5.75 Å². The van der Waals surface area contributed by atoms with E-state index in [9.17, 15) is 9.59 Å². The maximum Gasteiger partial charge on any atom is 0.364 e. The quantitative estimate of drug-likeness (QED) is 0.787. The molecule has 0 aliphatic heterocycles. The van der Waals surface area contributed by atoms with Gasteiger partial charge in [-0.15, -0.1) is 0 Å². The van der Waals surface area contributed by atoms with Gasteiger partial charge in [-0.1, -0.05) is 43.6 Å². The van der Waals surface area contributed by atoms with E-state index in [2.05, 4.69) is 0 Å². The standard InChI is InChI=1S/C10H11ClO3.C4H8O2/c1-2-10(11,9(12)13)14-8-6-4-3-5-7-8;1-2-3-4(5)6/h3-7H,2H2,1H3,(H,12,13);2-3H2,1H3,(H,5,6). The number of benzene rings is 1. The number of ether oxygens (including phenoxy) is 1. The second-order valence-corrected chi connectivity index (χ2v) is 4.56. The first-order chi connectivity index (χ1) is 9.35. The van der Waals surface area contributed by atoms with Crippen LogP contribution in [0.3, 0.4) is 0 Å². The van der Waals surface area contributed by atoms with Crippen LogP contribution in [0.25, 0.3) is 0 Å². The highest BCUT2D eigenvalue weighted by atomic mass is 35.5. The molecule has 0 amide bonds. The van der Waals surface area contributed by atoms with Crippen LogP contribution in [0.4, 0.5) is 0 Å². The van der Waals surface area contributed by atoms with E-state index in [0.29, 0.717) is 12.2 Å². The van der Waals surface area contributed by atoms with Gasteiger partial charge in [0, 0.05) is 12.8 Å². The third-order valence-electron chi connectivity index (χ3n) is 2.26. The van der Waals surface area contributed by atoms with Gasteiger partial charge in [0.15, 0.2) is 0 Å². The number of aliphatic carboxylic acids is 2. The molecule has 1 aromatic rings. The number of alkyl halides is 1. The highest BCUT2D eigenvalue weighted by Crippen LogP contribution is 2.25. The zero-order valence-electron chi connectivity index (χ0n) is 11.5. The first kappa shape index (κ1) is 18.2. The third kappa shape index (κ3) is 6.99. The molecule has 20 heavy (non-hydrogen) atoms. The van der Waals surface area contributed by atoms with Gasteiger partial charge in [0.1, 0.15) is 5.75 Å². The highest BCUT2D eigenvalue weighted by Gasteiger charge is 2.36. The minimum Gasteiger partial charge on any atom is -0.481 e. The molecule has 1 rings (SSSR count). The van der Waals surface area contributed by atoms with Crippen LogP contribution in [0.1, 0.15) is 33.1 Å². The van der Waals surface area contributed by atoms with Crippen molar-refractivity contribution in [3.63, 3.8) is 0 Å². The summed E-state index contributed by atoms with van der Waals surface area (Å²) >= 11 is 5.77. The summed E-state index contributed by atoms with van der Waals surface area (Å²) in [6.07, 6.45) is 1.22. The fourth-order valence-corrected chi connectivity index (χ4v) is 1.25. The molecular weight excluding hydrogens is 284 g/mol. The van der Waals surface area contributed by atoms with Crippen LogP contribution in [0.15, 0.2) is 30.3 Å². The van der Waals surface area contributed by atoms with E-state index in [-0.39, 0.29) is 6.42 Å². The highest BCUT2D eigenvalue weighted by molar-refractivity contribution is 6.32. The van der Waals surface area contributed by atoms with Gasteiger partial charge in [-0.05, 0) is 18.6 Å². The molecule has 1 unspecified atom stereocenters. The lowest BCUT2D eigenvalue weighted by molar-refractivity contribution is -0.148. The summed E-state index contributed by atoms with van der Waals surface area (Å²) in [4.78, 5) is 20.4. The van der Waals surface area contributed by atoms with Gasteiger partial charge in [-0.3, -0.25) is 4.79 Å². The largest absolute Gasteiger partial charge is 0.481 e. The van der Waals surface area contributed by atoms with Gasteiger partial charge < -0.3 is 14.9 Å². The van der Waals surface area contributed by atoms with E-state index in [4.69, 9.17) is 26.6 Å². The van der Waals surface area contributed by atoms with E-state index in [1.54, 1.807) is 31.2 Å². The Kier molecular flexibility index (Phi) is 8.40. The van der Waals surface area contributed by atoms with E-state index < -0.39 is 17.0 Å². The molecule has 0 aromatic heterocycles. The smallest absolute Gasteiger partial charge is 0.364 e. The lowest BCUT2D eigenvalue weighted by Gasteiger charge is -2.21. The molecule has 1 atom stereocenters. The second-order valence-electron chi connectivity index (χ2n) is 3.95. The maximum absolute atomic E-state index is 10.8. The SMILES string of the molecule is CCC(Cl)(Oc1ccccc1)C(=O)O.CCCC(=O)O. The van der Waals surface area contributed by atoms with Crippen molar-refractivity contribution in [2.45, 2.75) is 38.2 Å². The first-order valence-electron chi connectivity index (χ1n) is 6.23. The molecule has 5 nitrogen and oxygen atoms in total. The van der Waals surface area contributed by atoms with Crippen molar-refractivity contribution in [3.05, 3.63) is 30.3 Å². The number of hydrogen-bond acceptors (Lipinski definition) is 3. The number of hydrogen-bond donors (Lipinski definition) is 2. The molecule has 0 heterocycles. The Morgan fingerprint density at radius 1 is 1.20 bits per heavy atom. The molecule has 0 radical (unpaired) electrons. The van der Waals surface area contributed by atoms with E-state index in [1.807, 2.05) is 13.0 Å². The summed E-state index contributed by atoms with van der Waals surface area (Å²) in [5, 5.41) is 15.1. The number of carbonyl (C=O) groups is 2. The fourth-order valence-electron chi connectivity index (χ4n) is 1.16. The molecule has 112 valence electrons. The van der Waals surface area contributed by atoms with Crippen LogP contribution in [0.5, 0.6) is 5.75 Å². The van der Waals surface area contributed by atoms with E-state index in [1.165, 1.54) is 0 Å². The monoisotopic (exact) mass is 302 g/mol. The average Bonchev–Trinajstić information content (AvgIpc) is 2.40. The average molecular weight is 303 g/mol. The predicted molar refractivity (Wildman–Crippen MR) is 76.1 cm³/mol. The minimum atomic E-state index is -1.67. The zero-order chi connectivity index (χ0) is 15.6. The summed E-state index contributed by atoms with van der Waals surface area (Å²) in [6, 6.07) is 8.65. The Morgan fingerprint density at radius 2 is 1.75 bits per heavy atom. The fraction of sp³-hybridized carbons (Fsp3) is 0.429. The first-order valence-corrected chi connectivity index (χ1v) is 6.61.